The first kappa shape index (κ1) is 14.2. The Hall–Kier alpha value is -1.75. The van der Waals surface area contributed by atoms with E-state index in [-0.39, 0.29) is 5.91 Å². The third kappa shape index (κ3) is 2.58. The van der Waals surface area contributed by atoms with E-state index in [9.17, 15) is 14.7 Å². The Labute approximate surface area is 128 Å². The summed E-state index contributed by atoms with van der Waals surface area (Å²) in [5.74, 6) is -1.20. The first-order valence-corrected chi connectivity index (χ1v) is 7.44. The molecule has 3 rings (SSSR count). The molecule has 112 valence electrons. The van der Waals surface area contributed by atoms with E-state index in [1.165, 1.54) is 0 Å². The van der Waals surface area contributed by atoms with E-state index < -0.39 is 11.4 Å². The zero-order chi connectivity index (χ0) is 15.0. The molecule has 0 spiro atoms. The number of nitrogens with zero attached hydrogens (tertiary/aromatic N) is 2. The highest BCUT2D eigenvalue weighted by molar-refractivity contribution is 6.30. The molecule has 0 radical (unpaired) electrons. The minimum atomic E-state index is -1.12. The van der Waals surface area contributed by atoms with Crippen LogP contribution >= 0.6 is 11.6 Å². The van der Waals surface area contributed by atoms with Gasteiger partial charge < -0.3 is 14.9 Å². The summed E-state index contributed by atoms with van der Waals surface area (Å²) in [7, 11) is 0. The Kier molecular flexibility index (Phi) is 3.53. The van der Waals surface area contributed by atoms with Crippen LogP contribution in [0.25, 0.3) is 0 Å². The number of aliphatic carboxylic acids is 1. The number of carbonyl (C=O) groups is 2. The Bertz CT molecular complexity index is 561. The number of carbonyl (C=O) groups excluding carboxylic acids is 1. The van der Waals surface area contributed by atoms with E-state index in [1.807, 2.05) is 24.3 Å². The Morgan fingerprint density at radius 1 is 1.05 bits per heavy atom. The number of amides is 1. The van der Waals surface area contributed by atoms with Gasteiger partial charge in [-0.1, -0.05) is 11.6 Å². The number of anilines is 1. The number of benzene rings is 1. The predicted molar refractivity (Wildman–Crippen MR) is 79.5 cm³/mol. The fourth-order valence-electron chi connectivity index (χ4n) is 2.77. The Balaban J connectivity index is 1.62. The van der Waals surface area contributed by atoms with Crippen molar-refractivity contribution in [3.8, 4) is 0 Å². The molecule has 2 aliphatic rings. The molecule has 0 bridgehead atoms. The lowest BCUT2D eigenvalue weighted by Crippen LogP contribution is -2.52. The smallest absolute Gasteiger partial charge is 0.319 e. The van der Waals surface area contributed by atoms with Gasteiger partial charge in [-0.25, -0.2) is 0 Å². The van der Waals surface area contributed by atoms with Crippen molar-refractivity contribution in [2.24, 2.45) is 5.41 Å². The van der Waals surface area contributed by atoms with Gasteiger partial charge in [0, 0.05) is 36.9 Å². The molecule has 1 aromatic rings. The van der Waals surface area contributed by atoms with Crippen LogP contribution in [0.3, 0.4) is 0 Å². The minimum Gasteiger partial charge on any atom is -0.480 e. The molecule has 2 fully saturated rings. The normalized spacial score (nSPS) is 20.2. The number of piperazine rings is 1. The highest BCUT2D eigenvalue weighted by Crippen LogP contribution is 2.47. The molecule has 0 atom stereocenters. The van der Waals surface area contributed by atoms with Crippen molar-refractivity contribution in [3.05, 3.63) is 29.3 Å². The molecular formula is C15H17ClN2O3. The highest BCUT2D eigenvalue weighted by atomic mass is 35.5. The van der Waals surface area contributed by atoms with Gasteiger partial charge in [0.15, 0.2) is 0 Å². The van der Waals surface area contributed by atoms with Crippen LogP contribution in [0.5, 0.6) is 0 Å². The SMILES string of the molecule is O=C(O)C1(C(=O)N2CCN(c3ccc(Cl)cc3)CC2)CC1. The van der Waals surface area contributed by atoms with Gasteiger partial charge in [0.05, 0.1) is 0 Å². The summed E-state index contributed by atoms with van der Waals surface area (Å²) in [4.78, 5) is 27.4. The van der Waals surface area contributed by atoms with Crippen molar-refractivity contribution < 1.29 is 14.7 Å². The van der Waals surface area contributed by atoms with Crippen LogP contribution in [0.15, 0.2) is 24.3 Å². The number of rotatable bonds is 3. The van der Waals surface area contributed by atoms with E-state index >= 15 is 0 Å². The standard InChI is InChI=1S/C15H17ClN2O3/c16-11-1-3-12(4-2-11)17-7-9-18(10-8-17)13(19)15(5-6-15)14(20)21/h1-4H,5-10H2,(H,20,21). The molecule has 0 unspecified atom stereocenters. The summed E-state index contributed by atoms with van der Waals surface area (Å²) in [6.45, 7) is 2.55. The number of carboxylic acids is 1. The fourth-order valence-corrected chi connectivity index (χ4v) is 2.89. The van der Waals surface area contributed by atoms with Crippen LogP contribution in [0.4, 0.5) is 5.69 Å². The first-order chi connectivity index (χ1) is 10.0. The van der Waals surface area contributed by atoms with Crippen LogP contribution in [-0.2, 0) is 9.59 Å². The molecule has 6 heteroatoms. The van der Waals surface area contributed by atoms with E-state index in [4.69, 9.17) is 11.6 Å². The van der Waals surface area contributed by atoms with Crippen LogP contribution in [0, 0.1) is 5.41 Å². The quantitative estimate of drug-likeness (QED) is 0.866. The first-order valence-electron chi connectivity index (χ1n) is 7.06. The second-order valence-corrected chi connectivity index (χ2v) is 6.08. The number of carboxylic acid groups (broad SMARTS) is 1. The van der Waals surface area contributed by atoms with Gasteiger partial charge >= 0.3 is 5.97 Å². The summed E-state index contributed by atoms with van der Waals surface area (Å²) < 4.78 is 0. The van der Waals surface area contributed by atoms with Crippen LogP contribution < -0.4 is 4.90 Å². The lowest BCUT2D eigenvalue weighted by Gasteiger charge is -2.37. The molecule has 1 aromatic carbocycles. The lowest BCUT2D eigenvalue weighted by molar-refractivity contribution is -0.153. The molecule has 5 nitrogen and oxygen atoms in total. The van der Waals surface area contributed by atoms with Gasteiger partial charge in [-0.05, 0) is 37.1 Å². The average Bonchev–Trinajstić information content (AvgIpc) is 3.29. The average molecular weight is 309 g/mol. The maximum absolute atomic E-state index is 12.3. The van der Waals surface area contributed by atoms with Crippen LogP contribution in [0.1, 0.15) is 12.8 Å². The largest absolute Gasteiger partial charge is 0.480 e. The molecule has 1 aliphatic heterocycles. The van der Waals surface area contributed by atoms with Gasteiger partial charge in [-0.2, -0.15) is 0 Å². The maximum Gasteiger partial charge on any atom is 0.319 e. The van der Waals surface area contributed by atoms with Crippen molar-refractivity contribution in [2.75, 3.05) is 31.1 Å². The second-order valence-electron chi connectivity index (χ2n) is 5.64. The zero-order valence-corrected chi connectivity index (χ0v) is 12.3. The maximum atomic E-state index is 12.3. The van der Waals surface area contributed by atoms with E-state index in [0.717, 1.165) is 5.69 Å². The number of hydrogen-bond acceptors (Lipinski definition) is 3. The fraction of sp³-hybridized carbons (Fsp3) is 0.467. The van der Waals surface area contributed by atoms with Crippen LogP contribution in [-0.4, -0.2) is 48.1 Å². The van der Waals surface area contributed by atoms with Gasteiger partial charge in [0.1, 0.15) is 5.41 Å². The van der Waals surface area contributed by atoms with Crippen molar-refractivity contribution in [1.29, 1.82) is 0 Å². The molecular weight excluding hydrogens is 292 g/mol. The third-order valence-electron chi connectivity index (χ3n) is 4.33. The molecule has 1 amide bonds. The van der Waals surface area contributed by atoms with Crippen molar-refractivity contribution >= 4 is 29.2 Å². The summed E-state index contributed by atoms with van der Waals surface area (Å²) in [5.41, 5.74) is -0.0477. The molecule has 1 aliphatic carbocycles. The predicted octanol–water partition coefficient (Wildman–Crippen LogP) is 1.85. The Morgan fingerprint density at radius 3 is 2.10 bits per heavy atom. The van der Waals surface area contributed by atoms with Gasteiger partial charge in [0.2, 0.25) is 5.91 Å². The highest BCUT2D eigenvalue weighted by Gasteiger charge is 2.58. The van der Waals surface area contributed by atoms with Crippen molar-refractivity contribution in [1.82, 2.24) is 4.90 Å². The minimum absolute atomic E-state index is 0.217. The topological polar surface area (TPSA) is 60.9 Å². The number of halogens is 1. The molecule has 1 heterocycles. The summed E-state index contributed by atoms with van der Waals surface area (Å²) in [6, 6.07) is 7.61. The molecule has 1 saturated carbocycles. The second kappa shape index (κ2) is 5.22. The monoisotopic (exact) mass is 308 g/mol. The summed E-state index contributed by atoms with van der Waals surface area (Å²) in [5, 5.41) is 9.89. The molecule has 21 heavy (non-hydrogen) atoms. The van der Waals surface area contributed by atoms with Gasteiger partial charge in [0.25, 0.3) is 0 Å². The van der Waals surface area contributed by atoms with Crippen LogP contribution in [0.2, 0.25) is 5.02 Å². The van der Waals surface area contributed by atoms with E-state index in [0.29, 0.717) is 44.0 Å². The van der Waals surface area contributed by atoms with Gasteiger partial charge in [-0.3, -0.25) is 9.59 Å². The molecule has 0 aromatic heterocycles. The van der Waals surface area contributed by atoms with E-state index in [2.05, 4.69) is 4.90 Å². The molecule has 1 N–H and O–H groups in total. The Morgan fingerprint density at radius 2 is 1.62 bits per heavy atom. The lowest BCUT2D eigenvalue weighted by atomic mass is 10.1. The zero-order valence-electron chi connectivity index (χ0n) is 11.6. The molecule has 1 saturated heterocycles. The van der Waals surface area contributed by atoms with Gasteiger partial charge in [-0.15, -0.1) is 0 Å². The number of hydrogen-bond donors (Lipinski definition) is 1. The van der Waals surface area contributed by atoms with E-state index in [1.54, 1.807) is 4.90 Å². The summed E-state index contributed by atoms with van der Waals surface area (Å²) in [6.07, 6.45) is 0.942. The van der Waals surface area contributed by atoms with Crippen molar-refractivity contribution in [2.45, 2.75) is 12.8 Å². The third-order valence-corrected chi connectivity index (χ3v) is 4.58. The van der Waals surface area contributed by atoms with Crippen molar-refractivity contribution in [3.63, 3.8) is 0 Å². The summed E-state index contributed by atoms with van der Waals surface area (Å²) >= 11 is 5.88.